The fraction of sp³-hybridized carbons (Fsp3) is 1.00. The van der Waals surface area contributed by atoms with E-state index in [4.69, 9.17) is 15.3 Å². The molecule has 0 aromatic rings. The Morgan fingerprint density at radius 3 is 1.56 bits per heavy atom. The maximum Gasteiger partial charge on any atom is 0.0663 e. The summed E-state index contributed by atoms with van der Waals surface area (Å²) in [7, 11) is 0. The van der Waals surface area contributed by atoms with E-state index in [1.54, 1.807) is 13.8 Å². The van der Waals surface area contributed by atoms with Gasteiger partial charge in [0.05, 0.1) is 18.8 Å². The van der Waals surface area contributed by atoms with E-state index >= 15 is 0 Å². The van der Waals surface area contributed by atoms with Crippen molar-refractivity contribution >= 4 is 0 Å². The second-order valence-electron chi connectivity index (χ2n) is 2.72. The van der Waals surface area contributed by atoms with Gasteiger partial charge in [-0.25, -0.2) is 0 Å². The van der Waals surface area contributed by atoms with Crippen LogP contribution in [-0.2, 0) is 0 Å². The van der Waals surface area contributed by atoms with Crippen molar-refractivity contribution in [2.75, 3.05) is 13.2 Å². The Balaban J connectivity index is 3.79. The maximum atomic E-state index is 9.16. The van der Waals surface area contributed by atoms with Crippen LogP contribution in [0.4, 0.5) is 0 Å². The van der Waals surface area contributed by atoms with Crippen LogP contribution in [0.1, 0.15) is 13.8 Å². The van der Waals surface area contributed by atoms with E-state index in [9.17, 15) is 0 Å². The van der Waals surface area contributed by atoms with Gasteiger partial charge in [-0.2, -0.15) is 0 Å². The van der Waals surface area contributed by atoms with Gasteiger partial charge in [-0.15, -0.1) is 0 Å². The molecule has 0 heterocycles. The largest absolute Gasteiger partial charge is 0.396 e. The highest BCUT2D eigenvalue weighted by Gasteiger charge is 2.24. The highest BCUT2D eigenvalue weighted by molar-refractivity contribution is 4.75. The fourth-order valence-electron chi connectivity index (χ4n) is 0.505. The first-order valence-corrected chi connectivity index (χ1v) is 2.96. The molecule has 3 heteroatoms. The van der Waals surface area contributed by atoms with Gasteiger partial charge in [-0.3, -0.25) is 0 Å². The van der Waals surface area contributed by atoms with E-state index in [0.717, 1.165) is 0 Å². The van der Waals surface area contributed by atoms with Crippen LogP contribution < -0.4 is 0 Å². The van der Waals surface area contributed by atoms with Crippen molar-refractivity contribution in [3.05, 3.63) is 0 Å². The minimum Gasteiger partial charge on any atom is -0.396 e. The summed E-state index contributed by atoms with van der Waals surface area (Å²) < 4.78 is 0. The Bertz CT molecular complexity index is 70.9. The topological polar surface area (TPSA) is 60.7 Å². The molecule has 0 amide bonds. The molecule has 0 fully saturated rings. The Morgan fingerprint density at radius 2 is 1.56 bits per heavy atom. The molecule has 0 aliphatic heterocycles. The lowest BCUT2D eigenvalue weighted by molar-refractivity contribution is -0.0323. The van der Waals surface area contributed by atoms with E-state index in [-0.39, 0.29) is 13.2 Å². The Labute approximate surface area is 54.9 Å². The number of hydrogen-bond donors (Lipinski definition) is 3. The zero-order valence-corrected chi connectivity index (χ0v) is 5.83. The Hall–Kier alpha value is -0.120. The Kier molecular flexibility index (Phi) is 3.11. The molecule has 0 aliphatic rings. The van der Waals surface area contributed by atoms with Crippen LogP contribution in [0.2, 0.25) is 0 Å². The monoisotopic (exact) mass is 134 g/mol. The van der Waals surface area contributed by atoms with Crippen LogP contribution in [-0.4, -0.2) is 34.1 Å². The van der Waals surface area contributed by atoms with E-state index in [1.807, 2.05) is 0 Å². The van der Waals surface area contributed by atoms with Gasteiger partial charge in [0, 0.05) is 5.92 Å². The van der Waals surface area contributed by atoms with Crippen LogP contribution in [0.15, 0.2) is 0 Å². The molecule has 3 N–H and O–H groups in total. The van der Waals surface area contributed by atoms with Gasteiger partial charge in [0.25, 0.3) is 0 Å². The summed E-state index contributed by atoms with van der Waals surface area (Å²) in [6.45, 7) is 2.76. The lowest BCUT2D eigenvalue weighted by Crippen LogP contribution is -2.35. The smallest absolute Gasteiger partial charge is 0.0663 e. The zero-order chi connectivity index (χ0) is 7.49. The molecule has 0 bridgehead atoms. The molecule has 0 saturated heterocycles. The third-order valence-corrected chi connectivity index (χ3v) is 1.44. The summed E-state index contributed by atoms with van der Waals surface area (Å²) >= 11 is 0. The maximum absolute atomic E-state index is 9.16. The Morgan fingerprint density at radius 1 is 1.22 bits per heavy atom. The fourth-order valence-corrected chi connectivity index (χ4v) is 0.505. The number of rotatable bonds is 3. The van der Waals surface area contributed by atoms with Gasteiger partial charge in [0.2, 0.25) is 0 Å². The standard InChI is InChI=1S/C6H14O3/c1-6(2,9)5(3-7)4-8/h5,7-9H,3-4H2,1-2H3. The van der Waals surface area contributed by atoms with Crippen LogP contribution in [0.3, 0.4) is 0 Å². The molecule has 0 aromatic heterocycles. The highest BCUT2D eigenvalue weighted by Crippen LogP contribution is 2.14. The minimum absolute atomic E-state index is 0.181. The summed E-state index contributed by atoms with van der Waals surface area (Å²) in [5.74, 6) is -0.433. The molecular weight excluding hydrogens is 120 g/mol. The van der Waals surface area contributed by atoms with Crippen LogP contribution >= 0.6 is 0 Å². The second kappa shape index (κ2) is 3.15. The third kappa shape index (κ3) is 2.79. The number of aliphatic hydroxyl groups is 3. The second-order valence-corrected chi connectivity index (χ2v) is 2.72. The first kappa shape index (κ1) is 8.88. The summed E-state index contributed by atoms with van der Waals surface area (Å²) in [6.07, 6.45) is 0. The van der Waals surface area contributed by atoms with Gasteiger partial charge < -0.3 is 15.3 Å². The molecule has 0 saturated carbocycles. The highest BCUT2D eigenvalue weighted by atomic mass is 16.3. The third-order valence-electron chi connectivity index (χ3n) is 1.44. The van der Waals surface area contributed by atoms with Crippen molar-refractivity contribution in [3.63, 3.8) is 0 Å². The molecule has 0 aromatic carbocycles. The van der Waals surface area contributed by atoms with Gasteiger partial charge in [0.15, 0.2) is 0 Å². The lowest BCUT2D eigenvalue weighted by atomic mass is 9.93. The van der Waals surface area contributed by atoms with E-state index in [0.29, 0.717) is 0 Å². The van der Waals surface area contributed by atoms with Crippen molar-refractivity contribution in [3.8, 4) is 0 Å². The van der Waals surface area contributed by atoms with Crippen LogP contribution in [0.5, 0.6) is 0 Å². The first-order valence-electron chi connectivity index (χ1n) is 2.96. The normalized spacial score (nSPS) is 12.7. The lowest BCUT2D eigenvalue weighted by Gasteiger charge is -2.25. The van der Waals surface area contributed by atoms with Gasteiger partial charge in [-0.1, -0.05) is 0 Å². The first-order chi connectivity index (χ1) is 4.02. The molecule has 0 unspecified atom stereocenters. The molecule has 0 radical (unpaired) electrons. The molecule has 56 valence electrons. The predicted molar refractivity (Wildman–Crippen MR) is 34.0 cm³/mol. The molecule has 0 aliphatic carbocycles. The van der Waals surface area contributed by atoms with Crippen LogP contribution in [0.25, 0.3) is 0 Å². The number of hydrogen-bond acceptors (Lipinski definition) is 3. The van der Waals surface area contributed by atoms with Crippen LogP contribution in [0, 0.1) is 5.92 Å². The van der Waals surface area contributed by atoms with Gasteiger partial charge in [0.1, 0.15) is 0 Å². The summed E-state index contributed by atoms with van der Waals surface area (Å²) in [6, 6.07) is 0. The zero-order valence-electron chi connectivity index (χ0n) is 5.83. The van der Waals surface area contributed by atoms with Gasteiger partial charge in [-0.05, 0) is 13.8 Å². The van der Waals surface area contributed by atoms with Crippen molar-refractivity contribution in [2.24, 2.45) is 5.92 Å². The molecule has 9 heavy (non-hydrogen) atoms. The van der Waals surface area contributed by atoms with E-state index in [1.165, 1.54) is 0 Å². The SMILES string of the molecule is CC(C)(O)C(CO)CO. The summed E-state index contributed by atoms with van der Waals surface area (Å²) in [5.41, 5.74) is -0.983. The van der Waals surface area contributed by atoms with Crippen molar-refractivity contribution < 1.29 is 15.3 Å². The molecule has 3 nitrogen and oxygen atoms in total. The molecular formula is C6H14O3. The summed E-state index contributed by atoms with van der Waals surface area (Å²) in [5, 5.41) is 26.2. The number of aliphatic hydroxyl groups excluding tert-OH is 2. The average Bonchev–Trinajstić information content (AvgIpc) is 1.65. The van der Waals surface area contributed by atoms with E-state index < -0.39 is 11.5 Å². The molecule has 0 spiro atoms. The van der Waals surface area contributed by atoms with E-state index in [2.05, 4.69) is 0 Å². The average molecular weight is 134 g/mol. The molecule has 0 atom stereocenters. The molecule has 0 rings (SSSR count). The predicted octanol–water partition coefficient (Wildman–Crippen LogP) is -0.642. The van der Waals surface area contributed by atoms with Crippen molar-refractivity contribution in [2.45, 2.75) is 19.4 Å². The minimum atomic E-state index is -0.983. The summed E-state index contributed by atoms with van der Waals surface area (Å²) in [4.78, 5) is 0. The van der Waals surface area contributed by atoms with Gasteiger partial charge >= 0.3 is 0 Å². The quantitative estimate of drug-likeness (QED) is 0.481. The van der Waals surface area contributed by atoms with Crippen molar-refractivity contribution in [1.82, 2.24) is 0 Å². The van der Waals surface area contributed by atoms with Crippen molar-refractivity contribution in [1.29, 1.82) is 0 Å².